The van der Waals surface area contributed by atoms with Gasteiger partial charge >= 0.3 is 0 Å². The molecule has 1 aromatic carbocycles. The number of morpholine rings is 1. The molecule has 2 aliphatic rings. The molecule has 9 heteroatoms. The lowest BCUT2D eigenvalue weighted by Gasteiger charge is -2.29. The summed E-state index contributed by atoms with van der Waals surface area (Å²) >= 11 is 5.29. The molecule has 1 aromatic heterocycles. The molecule has 8 nitrogen and oxygen atoms in total. The lowest BCUT2D eigenvalue weighted by atomic mass is 10.1. The van der Waals surface area contributed by atoms with Crippen LogP contribution in [0.4, 0.5) is 11.5 Å². The molecule has 0 saturated carbocycles. The Bertz CT molecular complexity index is 932. The lowest BCUT2D eigenvalue weighted by Crippen LogP contribution is -2.36. The fraction of sp³-hybridized carbons (Fsp3) is 0.455. The minimum atomic E-state index is 0.501. The first-order valence-corrected chi connectivity index (χ1v) is 11.0. The summed E-state index contributed by atoms with van der Waals surface area (Å²) in [5.41, 5.74) is 3.36. The van der Waals surface area contributed by atoms with Gasteiger partial charge in [-0.25, -0.2) is 0 Å². The van der Waals surface area contributed by atoms with Gasteiger partial charge in [-0.15, -0.1) is 5.11 Å². The topological polar surface area (TPSA) is 74.6 Å². The number of aryl methyl sites for hydroxylation is 1. The summed E-state index contributed by atoms with van der Waals surface area (Å²) in [5.74, 6) is 1.09. The van der Waals surface area contributed by atoms with E-state index in [2.05, 4.69) is 55.5 Å². The Morgan fingerprint density at radius 2 is 2.06 bits per heavy atom. The number of anilines is 1. The predicted octanol–water partition coefficient (Wildman–Crippen LogP) is 3.08. The molecule has 3 heterocycles. The highest BCUT2D eigenvalue weighted by Gasteiger charge is 2.17. The van der Waals surface area contributed by atoms with Crippen LogP contribution < -0.4 is 15.0 Å². The average molecular weight is 441 g/mol. The molecule has 31 heavy (non-hydrogen) atoms. The maximum absolute atomic E-state index is 5.97. The zero-order valence-corrected chi connectivity index (χ0v) is 18.6. The van der Waals surface area contributed by atoms with E-state index in [-0.39, 0.29) is 0 Å². The number of nitrogens with zero attached hydrogens (tertiary/aromatic N) is 5. The normalized spacial score (nSPS) is 16.7. The number of rotatable bonds is 8. The summed E-state index contributed by atoms with van der Waals surface area (Å²) in [4.78, 5) is 8.91. The Hall–Kier alpha value is -2.78. The minimum absolute atomic E-state index is 0.501. The zero-order chi connectivity index (χ0) is 21.5. The van der Waals surface area contributed by atoms with Gasteiger partial charge in [-0.05, 0) is 24.7 Å². The summed E-state index contributed by atoms with van der Waals surface area (Å²) in [7, 11) is 0. The van der Waals surface area contributed by atoms with Crippen LogP contribution in [0, 0.1) is 6.92 Å². The molecule has 0 spiro atoms. The van der Waals surface area contributed by atoms with Crippen molar-refractivity contribution >= 4 is 28.8 Å². The fourth-order valence-electron chi connectivity index (χ4n) is 3.59. The van der Waals surface area contributed by atoms with Crippen LogP contribution in [0.1, 0.15) is 11.1 Å². The molecule has 1 N–H and O–H groups in total. The number of benzene rings is 1. The smallest absolute Gasteiger partial charge is 0.217 e. The van der Waals surface area contributed by atoms with Gasteiger partial charge in [0.15, 0.2) is 10.9 Å². The van der Waals surface area contributed by atoms with Crippen LogP contribution in [0.25, 0.3) is 0 Å². The predicted molar refractivity (Wildman–Crippen MR) is 124 cm³/mol. The number of nitrogens with one attached hydrogen (secondary N) is 1. The Kier molecular flexibility index (Phi) is 7.26. The van der Waals surface area contributed by atoms with E-state index in [4.69, 9.17) is 21.7 Å². The molecule has 0 bridgehead atoms. The van der Waals surface area contributed by atoms with Crippen LogP contribution in [-0.4, -0.2) is 67.5 Å². The molecule has 2 aromatic rings. The highest BCUT2D eigenvalue weighted by molar-refractivity contribution is 7.80. The number of hydrogen-bond acceptors (Lipinski definition) is 7. The molecular formula is C22H28N6O2S. The first-order chi connectivity index (χ1) is 15.2. The van der Waals surface area contributed by atoms with Gasteiger partial charge < -0.3 is 24.6 Å². The number of ether oxygens (including phenoxy) is 2. The monoisotopic (exact) mass is 440 g/mol. The van der Waals surface area contributed by atoms with Gasteiger partial charge in [-0.1, -0.05) is 29.8 Å². The van der Waals surface area contributed by atoms with Gasteiger partial charge in [-0.2, -0.15) is 10.1 Å². The van der Waals surface area contributed by atoms with Gasteiger partial charge in [0.1, 0.15) is 6.61 Å². The Balaban J connectivity index is 1.45. The van der Waals surface area contributed by atoms with Crippen LogP contribution >= 0.6 is 12.2 Å². The average Bonchev–Trinajstić information content (AvgIpc) is 3.19. The van der Waals surface area contributed by atoms with Crippen molar-refractivity contribution in [2.45, 2.75) is 13.5 Å². The summed E-state index contributed by atoms with van der Waals surface area (Å²) in [6.45, 7) is 8.68. The second-order valence-electron chi connectivity index (χ2n) is 7.58. The number of thiocarbonyl (C=S) groups is 1. The van der Waals surface area contributed by atoms with Crippen molar-refractivity contribution < 1.29 is 9.47 Å². The van der Waals surface area contributed by atoms with Crippen LogP contribution in [0.15, 0.2) is 46.6 Å². The standard InChI is InChI=1S/C22H28N6O2S/c1-17-3-2-4-18(13-17)16-24-26-20-14-19(27-7-10-29-11-8-27)15-21(25-20)30-12-9-28-6-5-23-22(28)31/h2-4,13-15H,5-12,16H2,1H3,(H,23,31). The molecule has 164 valence electrons. The maximum atomic E-state index is 5.97. The summed E-state index contributed by atoms with van der Waals surface area (Å²) < 4.78 is 11.5. The van der Waals surface area contributed by atoms with Crippen molar-refractivity contribution in [1.29, 1.82) is 0 Å². The molecular weight excluding hydrogens is 412 g/mol. The molecule has 0 unspecified atom stereocenters. The Labute approximate surface area is 188 Å². The highest BCUT2D eigenvalue weighted by atomic mass is 32.1. The summed E-state index contributed by atoms with van der Waals surface area (Å²) in [5, 5.41) is 12.7. The second kappa shape index (κ2) is 10.5. The first-order valence-electron chi connectivity index (χ1n) is 10.6. The molecule has 0 aliphatic carbocycles. The Morgan fingerprint density at radius 1 is 1.19 bits per heavy atom. The molecule has 0 amide bonds. The van der Waals surface area contributed by atoms with E-state index in [1.165, 1.54) is 5.56 Å². The van der Waals surface area contributed by atoms with Crippen molar-refractivity contribution in [1.82, 2.24) is 15.2 Å². The molecule has 2 aliphatic heterocycles. The quantitative estimate of drug-likeness (QED) is 0.499. The van der Waals surface area contributed by atoms with Crippen LogP contribution in [-0.2, 0) is 11.3 Å². The number of pyridine rings is 1. The lowest BCUT2D eigenvalue weighted by molar-refractivity contribution is 0.122. The molecule has 4 rings (SSSR count). The Morgan fingerprint density at radius 3 is 2.84 bits per heavy atom. The van der Waals surface area contributed by atoms with Crippen LogP contribution in [0.3, 0.4) is 0 Å². The van der Waals surface area contributed by atoms with Gasteiger partial charge in [0, 0.05) is 44.0 Å². The van der Waals surface area contributed by atoms with Crippen molar-refractivity contribution in [3.63, 3.8) is 0 Å². The van der Waals surface area contributed by atoms with Crippen molar-refractivity contribution in [3.8, 4) is 5.88 Å². The molecule has 2 fully saturated rings. The van der Waals surface area contributed by atoms with E-state index in [1.807, 2.05) is 18.2 Å². The van der Waals surface area contributed by atoms with E-state index in [0.717, 1.165) is 49.1 Å². The minimum Gasteiger partial charge on any atom is -0.476 e. The number of hydrogen-bond donors (Lipinski definition) is 1. The van der Waals surface area contributed by atoms with E-state index in [1.54, 1.807) is 0 Å². The molecule has 0 radical (unpaired) electrons. The van der Waals surface area contributed by atoms with Gasteiger partial charge in [0.2, 0.25) is 5.88 Å². The van der Waals surface area contributed by atoms with E-state index in [0.29, 0.717) is 38.1 Å². The third-order valence-corrected chi connectivity index (χ3v) is 5.62. The van der Waals surface area contributed by atoms with Crippen LogP contribution in [0.2, 0.25) is 0 Å². The molecule has 2 saturated heterocycles. The van der Waals surface area contributed by atoms with Gasteiger partial charge in [0.05, 0.1) is 26.3 Å². The summed E-state index contributed by atoms with van der Waals surface area (Å²) in [6, 6.07) is 12.2. The largest absolute Gasteiger partial charge is 0.476 e. The van der Waals surface area contributed by atoms with Crippen molar-refractivity contribution in [3.05, 3.63) is 47.5 Å². The SMILES string of the molecule is Cc1cccc(CN=Nc2cc(N3CCOCC3)cc(OCCN3CCNC3=S)n2)c1. The maximum Gasteiger partial charge on any atom is 0.217 e. The number of aromatic nitrogens is 1. The third kappa shape index (κ3) is 6.11. The zero-order valence-electron chi connectivity index (χ0n) is 17.8. The summed E-state index contributed by atoms with van der Waals surface area (Å²) in [6.07, 6.45) is 0. The van der Waals surface area contributed by atoms with Gasteiger partial charge in [-0.3, -0.25) is 0 Å². The van der Waals surface area contributed by atoms with E-state index in [9.17, 15) is 0 Å². The number of azo groups is 1. The van der Waals surface area contributed by atoms with E-state index < -0.39 is 0 Å². The van der Waals surface area contributed by atoms with Crippen molar-refractivity contribution in [2.24, 2.45) is 10.2 Å². The first kappa shape index (κ1) is 21.5. The van der Waals surface area contributed by atoms with Crippen molar-refractivity contribution in [2.75, 3.05) is 57.4 Å². The van der Waals surface area contributed by atoms with Gasteiger partial charge in [0.25, 0.3) is 0 Å². The van der Waals surface area contributed by atoms with Crippen LogP contribution in [0.5, 0.6) is 5.88 Å². The highest BCUT2D eigenvalue weighted by Crippen LogP contribution is 2.26. The second-order valence-corrected chi connectivity index (χ2v) is 7.96. The molecule has 0 atom stereocenters. The third-order valence-electron chi connectivity index (χ3n) is 5.21. The fourth-order valence-corrected chi connectivity index (χ4v) is 3.88. The van der Waals surface area contributed by atoms with E-state index >= 15 is 0 Å².